The van der Waals surface area contributed by atoms with Crippen molar-refractivity contribution in [3.8, 4) is 0 Å². The van der Waals surface area contributed by atoms with Crippen LogP contribution in [0.3, 0.4) is 0 Å². The van der Waals surface area contributed by atoms with Gasteiger partial charge >= 0.3 is 0 Å². The Labute approximate surface area is 94.7 Å². The summed E-state index contributed by atoms with van der Waals surface area (Å²) in [6.45, 7) is 3.04. The molecular formula is C11H15ClN2O. The summed E-state index contributed by atoms with van der Waals surface area (Å²) in [4.78, 5) is 2.12. The van der Waals surface area contributed by atoms with Gasteiger partial charge in [-0.25, -0.2) is 0 Å². The second-order valence-corrected chi connectivity index (χ2v) is 4.16. The van der Waals surface area contributed by atoms with E-state index in [9.17, 15) is 5.11 Å². The number of rotatable bonds is 1. The number of para-hydroxylation sites is 1. The average molecular weight is 227 g/mol. The van der Waals surface area contributed by atoms with Crippen LogP contribution >= 0.6 is 11.6 Å². The van der Waals surface area contributed by atoms with Gasteiger partial charge in [-0.2, -0.15) is 0 Å². The molecule has 1 aromatic rings. The number of nitrogens with zero attached hydrogens (tertiary/aromatic N) is 1. The molecule has 0 aromatic heterocycles. The van der Waals surface area contributed by atoms with Crippen LogP contribution in [0.4, 0.5) is 5.69 Å². The van der Waals surface area contributed by atoms with Crippen LogP contribution in [0.15, 0.2) is 24.3 Å². The minimum Gasteiger partial charge on any atom is -0.390 e. The Bertz CT molecular complexity index is 332. The minimum atomic E-state index is -0.330. The van der Waals surface area contributed by atoms with E-state index in [1.165, 1.54) is 0 Å². The lowest BCUT2D eigenvalue weighted by Crippen LogP contribution is -2.32. The zero-order valence-corrected chi connectivity index (χ0v) is 9.24. The predicted molar refractivity (Wildman–Crippen MR) is 62.5 cm³/mol. The normalized spacial score (nSPS) is 22.5. The highest BCUT2D eigenvalue weighted by molar-refractivity contribution is 6.33. The molecule has 0 bridgehead atoms. The second-order valence-electron chi connectivity index (χ2n) is 3.76. The molecule has 1 atom stereocenters. The zero-order valence-electron chi connectivity index (χ0n) is 8.49. The largest absolute Gasteiger partial charge is 0.390 e. The molecule has 3 nitrogen and oxygen atoms in total. The molecule has 2 rings (SSSR count). The maximum atomic E-state index is 9.66. The monoisotopic (exact) mass is 226 g/mol. The van der Waals surface area contributed by atoms with Gasteiger partial charge in [0, 0.05) is 26.2 Å². The van der Waals surface area contributed by atoms with Crippen molar-refractivity contribution < 1.29 is 5.11 Å². The third kappa shape index (κ3) is 2.62. The summed E-state index contributed by atoms with van der Waals surface area (Å²) in [6, 6.07) is 7.74. The Balaban J connectivity index is 2.18. The van der Waals surface area contributed by atoms with E-state index in [0.29, 0.717) is 13.1 Å². The third-order valence-corrected chi connectivity index (χ3v) is 2.88. The number of halogens is 1. The van der Waals surface area contributed by atoms with Crippen LogP contribution in [0, 0.1) is 0 Å². The number of β-amino-alcohol motifs (C(OH)–C–C–N with tert-alkyl or cyclic N) is 1. The molecule has 2 N–H and O–H groups in total. The minimum absolute atomic E-state index is 0.330. The SMILES string of the molecule is OC1CNCCN(c2ccccc2Cl)C1. The van der Waals surface area contributed by atoms with E-state index in [1.54, 1.807) is 0 Å². The molecule has 1 fully saturated rings. The summed E-state index contributed by atoms with van der Waals surface area (Å²) in [6.07, 6.45) is -0.330. The molecular weight excluding hydrogens is 212 g/mol. The molecule has 1 aliphatic heterocycles. The number of benzene rings is 1. The summed E-state index contributed by atoms with van der Waals surface area (Å²) >= 11 is 6.11. The molecule has 0 spiro atoms. The quantitative estimate of drug-likeness (QED) is 0.753. The van der Waals surface area contributed by atoms with Crippen molar-refractivity contribution in [2.75, 3.05) is 31.1 Å². The lowest BCUT2D eigenvalue weighted by molar-refractivity contribution is 0.185. The predicted octanol–water partition coefficient (Wildman–Crippen LogP) is 1.11. The Hall–Kier alpha value is -0.770. The smallest absolute Gasteiger partial charge is 0.0839 e. The summed E-state index contributed by atoms with van der Waals surface area (Å²) in [5, 5.41) is 13.6. The highest BCUT2D eigenvalue weighted by atomic mass is 35.5. The van der Waals surface area contributed by atoms with Gasteiger partial charge in [0.25, 0.3) is 0 Å². The maximum absolute atomic E-state index is 9.66. The van der Waals surface area contributed by atoms with E-state index >= 15 is 0 Å². The molecule has 0 saturated carbocycles. The van der Waals surface area contributed by atoms with Crippen molar-refractivity contribution in [1.29, 1.82) is 0 Å². The number of anilines is 1. The number of nitrogens with one attached hydrogen (secondary N) is 1. The van der Waals surface area contributed by atoms with Gasteiger partial charge in [-0.3, -0.25) is 0 Å². The number of hydrogen-bond donors (Lipinski definition) is 2. The molecule has 1 aliphatic rings. The van der Waals surface area contributed by atoms with Crippen LogP contribution < -0.4 is 10.2 Å². The fourth-order valence-corrected chi connectivity index (χ4v) is 2.08. The number of aliphatic hydroxyl groups excluding tert-OH is 1. The van der Waals surface area contributed by atoms with Gasteiger partial charge in [-0.05, 0) is 12.1 Å². The molecule has 1 saturated heterocycles. The Kier molecular flexibility index (Phi) is 3.46. The molecule has 15 heavy (non-hydrogen) atoms. The van der Waals surface area contributed by atoms with Crippen molar-refractivity contribution in [2.24, 2.45) is 0 Å². The first kappa shape index (κ1) is 10.7. The van der Waals surface area contributed by atoms with Crippen molar-refractivity contribution in [2.45, 2.75) is 6.10 Å². The van der Waals surface area contributed by atoms with E-state index < -0.39 is 0 Å². The second kappa shape index (κ2) is 4.84. The van der Waals surface area contributed by atoms with Crippen LogP contribution in [-0.4, -0.2) is 37.4 Å². The highest BCUT2D eigenvalue weighted by Crippen LogP contribution is 2.25. The van der Waals surface area contributed by atoms with Crippen LogP contribution in [-0.2, 0) is 0 Å². The lowest BCUT2D eigenvalue weighted by Gasteiger charge is -2.24. The number of aliphatic hydroxyl groups is 1. The number of hydrogen-bond acceptors (Lipinski definition) is 3. The van der Waals surface area contributed by atoms with Crippen molar-refractivity contribution in [3.05, 3.63) is 29.3 Å². The third-order valence-electron chi connectivity index (χ3n) is 2.56. The summed E-state index contributed by atoms with van der Waals surface area (Å²) in [5.41, 5.74) is 1.00. The van der Waals surface area contributed by atoms with E-state index in [2.05, 4.69) is 10.2 Å². The first-order chi connectivity index (χ1) is 7.27. The van der Waals surface area contributed by atoms with Gasteiger partial charge in [0.2, 0.25) is 0 Å². The van der Waals surface area contributed by atoms with Crippen LogP contribution in [0.5, 0.6) is 0 Å². The molecule has 0 radical (unpaired) electrons. The van der Waals surface area contributed by atoms with Gasteiger partial charge in [0.05, 0.1) is 16.8 Å². The molecule has 4 heteroatoms. The van der Waals surface area contributed by atoms with Crippen LogP contribution in [0.1, 0.15) is 0 Å². The Morgan fingerprint density at radius 3 is 3.00 bits per heavy atom. The topological polar surface area (TPSA) is 35.5 Å². The summed E-state index contributed by atoms with van der Waals surface area (Å²) in [5.74, 6) is 0. The van der Waals surface area contributed by atoms with Gasteiger partial charge < -0.3 is 15.3 Å². The van der Waals surface area contributed by atoms with E-state index in [0.717, 1.165) is 23.8 Å². The van der Waals surface area contributed by atoms with Crippen molar-refractivity contribution in [1.82, 2.24) is 5.32 Å². The van der Waals surface area contributed by atoms with Gasteiger partial charge in [-0.15, -0.1) is 0 Å². The fourth-order valence-electron chi connectivity index (χ4n) is 1.82. The van der Waals surface area contributed by atoms with Crippen molar-refractivity contribution in [3.63, 3.8) is 0 Å². The molecule has 0 amide bonds. The summed E-state index contributed by atoms with van der Waals surface area (Å²) < 4.78 is 0. The molecule has 1 unspecified atom stereocenters. The lowest BCUT2D eigenvalue weighted by atomic mass is 10.2. The highest BCUT2D eigenvalue weighted by Gasteiger charge is 2.17. The van der Waals surface area contributed by atoms with Gasteiger partial charge in [0.15, 0.2) is 0 Å². The standard InChI is InChI=1S/C11H15ClN2O/c12-10-3-1-2-4-11(10)14-6-5-13-7-9(15)8-14/h1-4,9,13,15H,5-8H2. The van der Waals surface area contributed by atoms with Crippen LogP contribution in [0.2, 0.25) is 5.02 Å². The first-order valence-corrected chi connectivity index (χ1v) is 5.53. The first-order valence-electron chi connectivity index (χ1n) is 5.15. The summed E-state index contributed by atoms with van der Waals surface area (Å²) in [7, 11) is 0. The van der Waals surface area contributed by atoms with E-state index in [4.69, 9.17) is 11.6 Å². The van der Waals surface area contributed by atoms with Gasteiger partial charge in [0.1, 0.15) is 0 Å². The molecule has 82 valence electrons. The average Bonchev–Trinajstić information content (AvgIpc) is 2.43. The molecule has 1 aromatic carbocycles. The zero-order chi connectivity index (χ0) is 10.7. The van der Waals surface area contributed by atoms with Crippen molar-refractivity contribution >= 4 is 17.3 Å². The Morgan fingerprint density at radius 2 is 2.20 bits per heavy atom. The van der Waals surface area contributed by atoms with E-state index in [1.807, 2.05) is 24.3 Å². The van der Waals surface area contributed by atoms with E-state index in [-0.39, 0.29) is 6.10 Å². The molecule has 0 aliphatic carbocycles. The van der Waals surface area contributed by atoms with Crippen LogP contribution in [0.25, 0.3) is 0 Å². The maximum Gasteiger partial charge on any atom is 0.0839 e. The van der Waals surface area contributed by atoms with Gasteiger partial charge in [-0.1, -0.05) is 23.7 Å². The Morgan fingerprint density at radius 1 is 1.40 bits per heavy atom. The molecule has 1 heterocycles. The fraction of sp³-hybridized carbons (Fsp3) is 0.455.